The van der Waals surface area contributed by atoms with Crippen LogP contribution in [-0.4, -0.2) is 49.8 Å². The van der Waals surface area contributed by atoms with Crippen LogP contribution in [0.15, 0.2) is 0 Å². The van der Waals surface area contributed by atoms with Crippen LogP contribution in [0.1, 0.15) is 33.6 Å². The highest BCUT2D eigenvalue weighted by Gasteiger charge is 2.19. The number of hydrogen-bond donors (Lipinski definition) is 1. The molecule has 0 bridgehead atoms. The van der Waals surface area contributed by atoms with Crippen LogP contribution < -0.4 is 5.32 Å². The lowest BCUT2D eigenvalue weighted by atomic mass is 10.2. The van der Waals surface area contributed by atoms with Crippen molar-refractivity contribution in [3.05, 3.63) is 0 Å². The molecule has 15 heavy (non-hydrogen) atoms. The SMILES string of the molecule is CCCNC(C)CN1CCOC(CC)C1. The van der Waals surface area contributed by atoms with Crippen LogP contribution in [0.25, 0.3) is 0 Å². The van der Waals surface area contributed by atoms with Crippen molar-refractivity contribution in [2.24, 2.45) is 0 Å². The standard InChI is InChI=1S/C12H26N2O/c1-4-6-13-11(3)9-14-7-8-15-12(5-2)10-14/h11-13H,4-10H2,1-3H3. The van der Waals surface area contributed by atoms with Crippen LogP contribution in [-0.2, 0) is 4.74 Å². The van der Waals surface area contributed by atoms with Crippen molar-refractivity contribution in [1.29, 1.82) is 0 Å². The molecule has 1 aliphatic rings. The number of rotatable bonds is 6. The van der Waals surface area contributed by atoms with Gasteiger partial charge < -0.3 is 10.1 Å². The van der Waals surface area contributed by atoms with Gasteiger partial charge in [0.25, 0.3) is 0 Å². The summed E-state index contributed by atoms with van der Waals surface area (Å²) < 4.78 is 5.66. The molecule has 3 nitrogen and oxygen atoms in total. The minimum absolute atomic E-state index is 0.456. The zero-order valence-corrected chi connectivity index (χ0v) is 10.5. The first-order valence-corrected chi connectivity index (χ1v) is 6.33. The lowest BCUT2D eigenvalue weighted by Gasteiger charge is -2.34. The molecule has 90 valence electrons. The normalized spacial score (nSPS) is 25.4. The number of hydrogen-bond acceptors (Lipinski definition) is 3. The lowest BCUT2D eigenvalue weighted by molar-refractivity contribution is -0.0316. The van der Waals surface area contributed by atoms with E-state index in [1.807, 2.05) is 0 Å². The molecular weight excluding hydrogens is 188 g/mol. The van der Waals surface area contributed by atoms with Gasteiger partial charge in [-0.2, -0.15) is 0 Å². The largest absolute Gasteiger partial charge is 0.376 e. The van der Waals surface area contributed by atoms with Gasteiger partial charge in [0.05, 0.1) is 12.7 Å². The maximum Gasteiger partial charge on any atom is 0.0700 e. The highest BCUT2D eigenvalue weighted by Crippen LogP contribution is 2.08. The van der Waals surface area contributed by atoms with Gasteiger partial charge in [-0.1, -0.05) is 13.8 Å². The Morgan fingerprint density at radius 1 is 1.47 bits per heavy atom. The Bertz CT molecular complexity index is 164. The first-order valence-electron chi connectivity index (χ1n) is 6.33. The minimum Gasteiger partial charge on any atom is -0.376 e. The van der Waals surface area contributed by atoms with E-state index in [-0.39, 0.29) is 0 Å². The number of nitrogens with one attached hydrogen (secondary N) is 1. The molecule has 2 unspecified atom stereocenters. The Kier molecular flexibility index (Phi) is 6.22. The van der Waals surface area contributed by atoms with Crippen molar-refractivity contribution in [3.63, 3.8) is 0 Å². The summed E-state index contributed by atoms with van der Waals surface area (Å²) in [6, 6.07) is 0.598. The van der Waals surface area contributed by atoms with Gasteiger partial charge in [-0.15, -0.1) is 0 Å². The molecule has 0 aromatic heterocycles. The van der Waals surface area contributed by atoms with E-state index >= 15 is 0 Å². The Balaban J connectivity index is 2.19. The Morgan fingerprint density at radius 3 is 2.93 bits per heavy atom. The average molecular weight is 214 g/mol. The molecule has 1 fully saturated rings. The van der Waals surface area contributed by atoms with Gasteiger partial charge >= 0.3 is 0 Å². The topological polar surface area (TPSA) is 24.5 Å². The number of morpholine rings is 1. The van der Waals surface area contributed by atoms with Crippen LogP contribution in [0.4, 0.5) is 0 Å². The van der Waals surface area contributed by atoms with Crippen LogP contribution in [0, 0.1) is 0 Å². The smallest absolute Gasteiger partial charge is 0.0700 e. The van der Waals surface area contributed by atoms with E-state index in [2.05, 4.69) is 31.0 Å². The fourth-order valence-corrected chi connectivity index (χ4v) is 2.04. The van der Waals surface area contributed by atoms with Gasteiger partial charge in [0.1, 0.15) is 0 Å². The molecule has 0 aromatic rings. The van der Waals surface area contributed by atoms with Crippen LogP contribution in [0.3, 0.4) is 0 Å². The maximum atomic E-state index is 5.66. The quantitative estimate of drug-likeness (QED) is 0.725. The zero-order valence-electron chi connectivity index (χ0n) is 10.5. The highest BCUT2D eigenvalue weighted by atomic mass is 16.5. The molecule has 1 aliphatic heterocycles. The fraction of sp³-hybridized carbons (Fsp3) is 1.00. The zero-order chi connectivity index (χ0) is 11.1. The highest BCUT2D eigenvalue weighted by molar-refractivity contribution is 4.74. The molecule has 0 amide bonds. The van der Waals surface area contributed by atoms with Gasteiger partial charge in [0.2, 0.25) is 0 Å². The monoisotopic (exact) mass is 214 g/mol. The minimum atomic E-state index is 0.456. The lowest BCUT2D eigenvalue weighted by Crippen LogP contribution is -2.47. The molecule has 1 rings (SSSR count). The van der Waals surface area contributed by atoms with E-state index in [1.54, 1.807) is 0 Å². The summed E-state index contributed by atoms with van der Waals surface area (Å²) in [5.74, 6) is 0. The summed E-state index contributed by atoms with van der Waals surface area (Å²) in [6.45, 7) is 12.1. The molecule has 0 saturated carbocycles. The summed E-state index contributed by atoms with van der Waals surface area (Å²) in [5, 5.41) is 3.53. The fourth-order valence-electron chi connectivity index (χ4n) is 2.04. The first-order chi connectivity index (χ1) is 7.26. The van der Waals surface area contributed by atoms with E-state index in [4.69, 9.17) is 4.74 Å². The number of nitrogens with zero attached hydrogens (tertiary/aromatic N) is 1. The van der Waals surface area contributed by atoms with Crippen LogP contribution in [0.2, 0.25) is 0 Å². The molecule has 1 N–H and O–H groups in total. The predicted octanol–water partition coefficient (Wildman–Crippen LogP) is 1.49. The van der Waals surface area contributed by atoms with Crippen LogP contribution in [0.5, 0.6) is 0 Å². The Morgan fingerprint density at radius 2 is 2.27 bits per heavy atom. The summed E-state index contributed by atoms with van der Waals surface area (Å²) in [4.78, 5) is 2.52. The number of ether oxygens (including phenoxy) is 1. The summed E-state index contributed by atoms with van der Waals surface area (Å²) in [7, 11) is 0. The first kappa shape index (κ1) is 12.9. The van der Waals surface area contributed by atoms with Gasteiger partial charge in [0, 0.05) is 25.7 Å². The third kappa shape index (κ3) is 4.96. The van der Waals surface area contributed by atoms with Gasteiger partial charge in [-0.05, 0) is 26.3 Å². The van der Waals surface area contributed by atoms with E-state index in [0.717, 1.165) is 39.2 Å². The Labute approximate surface area is 94.2 Å². The molecule has 3 heteroatoms. The molecule has 1 heterocycles. The molecular formula is C12H26N2O. The van der Waals surface area contributed by atoms with E-state index < -0.39 is 0 Å². The molecule has 0 spiro atoms. The molecule has 0 aromatic carbocycles. The van der Waals surface area contributed by atoms with Crippen molar-refractivity contribution < 1.29 is 4.74 Å². The van der Waals surface area contributed by atoms with Crippen molar-refractivity contribution in [2.45, 2.75) is 45.8 Å². The van der Waals surface area contributed by atoms with Gasteiger partial charge in [0.15, 0.2) is 0 Å². The maximum absolute atomic E-state index is 5.66. The van der Waals surface area contributed by atoms with Crippen molar-refractivity contribution >= 4 is 0 Å². The predicted molar refractivity (Wildman–Crippen MR) is 64.2 cm³/mol. The third-order valence-electron chi connectivity index (χ3n) is 2.95. The van der Waals surface area contributed by atoms with Crippen molar-refractivity contribution in [1.82, 2.24) is 10.2 Å². The van der Waals surface area contributed by atoms with Crippen LogP contribution >= 0.6 is 0 Å². The summed E-state index contributed by atoms with van der Waals surface area (Å²) >= 11 is 0. The summed E-state index contributed by atoms with van der Waals surface area (Å²) in [6.07, 6.45) is 2.80. The second-order valence-electron chi connectivity index (χ2n) is 4.52. The van der Waals surface area contributed by atoms with Crippen molar-refractivity contribution in [2.75, 3.05) is 32.8 Å². The molecule has 0 aliphatic carbocycles. The van der Waals surface area contributed by atoms with E-state index in [9.17, 15) is 0 Å². The molecule has 0 radical (unpaired) electrons. The van der Waals surface area contributed by atoms with Crippen molar-refractivity contribution in [3.8, 4) is 0 Å². The van der Waals surface area contributed by atoms with Gasteiger partial charge in [-0.25, -0.2) is 0 Å². The molecule has 1 saturated heterocycles. The second-order valence-corrected chi connectivity index (χ2v) is 4.52. The van der Waals surface area contributed by atoms with E-state index in [1.165, 1.54) is 6.42 Å². The Hall–Kier alpha value is -0.120. The van der Waals surface area contributed by atoms with Gasteiger partial charge in [-0.3, -0.25) is 4.90 Å². The molecule has 2 atom stereocenters. The summed E-state index contributed by atoms with van der Waals surface area (Å²) in [5.41, 5.74) is 0. The second kappa shape index (κ2) is 7.20. The van der Waals surface area contributed by atoms with E-state index in [0.29, 0.717) is 12.1 Å². The third-order valence-corrected chi connectivity index (χ3v) is 2.95. The average Bonchev–Trinajstić information content (AvgIpc) is 2.26.